The highest BCUT2D eigenvalue weighted by Crippen LogP contribution is 2.24. The monoisotopic (exact) mass is 366 g/mol. The van der Waals surface area contributed by atoms with Gasteiger partial charge in [-0.3, -0.25) is 4.79 Å². The highest BCUT2D eigenvalue weighted by atomic mass is 35.5. The molecule has 1 aromatic carbocycles. The quantitative estimate of drug-likeness (QED) is 0.808. The number of benzene rings is 1. The van der Waals surface area contributed by atoms with Crippen LogP contribution in [0.5, 0.6) is 11.6 Å². The van der Waals surface area contributed by atoms with E-state index >= 15 is 0 Å². The zero-order valence-corrected chi connectivity index (χ0v) is 15.1. The summed E-state index contributed by atoms with van der Waals surface area (Å²) in [5.74, 6) is -0.323. The average molecular weight is 367 g/mol. The van der Waals surface area contributed by atoms with Gasteiger partial charge in [0.05, 0.1) is 18.7 Å². The second-order valence-electron chi connectivity index (χ2n) is 5.83. The molecule has 1 heterocycles. The van der Waals surface area contributed by atoms with Crippen LogP contribution in [0.25, 0.3) is 0 Å². The minimum Gasteiger partial charge on any atom is -0.494 e. The summed E-state index contributed by atoms with van der Waals surface area (Å²) < 4.78 is 24.2. The van der Waals surface area contributed by atoms with Gasteiger partial charge in [-0.25, -0.2) is 9.37 Å². The first-order valence-electron chi connectivity index (χ1n) is 7.80. The van der Waals surface area contributed by atoms with Crippen LogP contribution in [0.4, 0.5) is 4.39 Å². The SMILES string of the molecule is COc1ccc(CNC(=O)c2c(Cl)ccnc2OCC(C)C)cc1F. The highest BCUT2D eigenvalue weighted by Gasteiger charge is 2.18. The molecule has 0 aliphatic heterocycles. The fourth-order valence-corrected chi connectivity index (χ4v) is 2.29. The smallest absolute Gasteiger partial charge is 0.258 e. The van der Waals surface area contributed by atoms with Gasteiger partial charge in [-0.2, -0.15) is 0 Å². The number of nitrogens with one attached hydrogen (secondary N) is 1. The van der Waals surface area contributed by atoms with E-state index in [0.29, 0.717) is 12.2 Å². The third-order valence-corrected chi connectivity index (χ3v) is 3.63. The van der Waals surface area contributed by atoms with Gasteiger partial charge in [0.25, 0.3) is 5.91 Å². The molecule has 25 heavy (non-hydrogen) atoms. The van der Waals surface area contributed by atoms with E-state index in [4.69, 9.17) is 21.1 Å². The standard InChI is InChI=1S/C18H20ClFN2O3/c1-11(2)10-25-18-16(13(19)6-7-21-18)17(23)22-9-12-4-5-15(24-3)14(20)8-12/h4-8,11H,9-10H2,1-3H3,(H,22,23). The molecule has 0 aliphatic carbocycles. The van der Waals surface area contributed by atoms with Gasteiger partial charge in [0, 0.05) is 12.7 Å². The van der Waals surface area contributed by atoms with E-state index in [1.54, 1.807) is 6.07 Å². The van der Waals surface area contributed by atoms with Crippen molar-refractivity contribution in [3.8, 4) is 11.6 Å². The molecule has 0 aliphatic rings. The van der Waals surface area contributed by atoms with Crippen molar-refractivity contribution >= 4 is 17.5 Å². The van der Waals surface area contributed by atoms with Crippen LogP contribution in [0.2, 0.25) is 5.02 Å². The van der Waals surface area contributed by atoms with Gasteiger partial charge in [-0.05, 0) is 29.7 Å². The minimum atomic E-state index is -0.491. The Bertz CT molecular complexity index is 753. The van der Waals surface area contributed by atoms with Crippen molar-refractivity contribution < 1.29 is 18.7 Å². The maximum Gasteiger partial charge on any atom is 0.258 e. The summed E-state index contributed by atoms with van der Waals surface area (Å²) in [5.41, 5.74) is 0.759. The Labute approximate surface area is 151 Å². The second-order valence-corrected chi connectivity index (χ2v) is 6.24. The topological polar surface area (TPSA) is 60.5 Å². The molecule has 134 valence electrons. The lowest BCUT2D eigenvalue weighted by atomic mass is 10.2. The summed E-state index contributed by atoms with van der Waals surface area (Å²) >= 11 is 6.13. The summed E-state index contributed by atoms with van der Waals surface area (Å²) in [7, 11) is 1.39. The van der Waals surface area contributed by atoms with E-state index in [9.17, 15) is 9.18 Å². The summed E-state index contributed by atoms with van der Waals surface area (Å²) in [4.78, 5) is 16.6. The van der Waals surface area contributed by atoms with Gasteiger partial charge in [0.15, 0.2) is 11.6 Å². The number of hydrogen-bond acceptors (Lipinski definition) is 4. The zero-order valence-electron chi connectivity index (χ0n) is 14.3. The molecule has 0 saturated carbocycles. The maximum absolute atomic E-state index is 13.7. The molecule has 7 heteroatoms. The van der Waals surface area contributed by atoms with Gasteiger partial charge in [-0.15, -0.1) is 0 Å². The molecule has 0 unspecified atom stereocenters. The first-order valence-corrected chi connectivity index (χ1v) is 8.18. The molecule has 2 aromatic rings. The molecular formula is C18H20ClFN2O3. The molecule has 0 bridgehead atoms. The van der Waals surface area contributed by atoms with Crippen LogP contribution in [0.3, 0.4) is 0 Å². The molecule has 0 spiro atoms. The number of hydrogen-bond donors (Lipinski definition) is 1. The molecule has 1 amide bonds. The Kier molecular flexibility index (Phi) is 6.58. The average Bonchev–Trinajstić information content (AvgIpc) is 2.58. The summed E-state index contributed by atoms with van der Waals surface area (Å²) in [5, 5.41) is 2.94. The van der Waals surface area contributed by atoms with Crippen molar-refractivity contribution in [2.45, 2.75) is 20.4 Å². The Morgan fingerprint density at radius 3 is 2.76 bits per heavy atom. The van der Waals surface area contributed by atoms with Crippen LogP contribution in [0.15, 0.2) is 30.5 Å². The Balaban J connectivity index is 2.11. The molecule has 1 N–H and O–H groups in total. The number of carbonyl (C=O) groups excluding carboxylic acids is 1. The Hall–Kier alpha value is -2.34. The molecule has 5 nitrogen and oxygen atoms in total. The number of nitrogens with zero attached hydrogens (tertiary/aromatic N) is 1. The lowest BCUT2D eigenvalue weighted by molar-refractivity contribution is 0.0945. The Morgan fingerprint density at radius 1 is 1.36 bits per heavy atom. The van der Waals surface area contributed by atoms with E-state index in [0.717, 1.165) is 0 Å². The molecule has 0 atom stereocenters. The van der Waals surface area contributed by atoms with E-state index in [2.05, 4.69) is 10.3 Å². The fraction of sp³-hybridized carbons (Fsp3) is 0.333. The minimum absolute atomic E-state index is 0.134. The van der Waals surface area contributed by atoms with Crippen LogP contribution < -0.4 is 14.8 Å². The van der Waals surface area contributed by atoms with Gasteiger partial charge in [0.2, 0.25) is 5.88 Å². The van der Waals surface area contributed by atoms with E-state index in [1.807, 2.05) is 13.8 Å². The molecule has 1 aromatic heterocycles. The number of carbonyl (C=O) groups is 1. The number of pyridine rings is 1. The molecule has 0 saturated heterocycles. The van der Waals surface area contributed by atoms with Gasteiger partial charge in [0.1, 0.15) is 5.56 Å². The summed E-state index contributed by atoms with van der Waals surface area (Å²) in [6.45, 7) is 4.52. The van der Waals surface area contributed by atoms with E-state index in [1.165, 1.54) is 31.5 Å². The van der Waals surface area contributed by atoms with Crippen molar-refractivity contribution in [3.63, 3.8) is 0 Å². The zero-order chi connectivity index (χ0) is 18.4. The van der Waals surface area contributed by atoms with Gasteiger partial charge in [-0.1, -0.05) is 31.5 Å². The lowest BCUT2D eigenvalue weighted by Crippen LogP contribution is -2.24. The molecule has 2 rings (SSSR count). The largest absolute Gasteiger partial charge is 0.494 e. The second kappa shape index (κ2) is 8.67. The number of halogens is 2. The Morgan fingerprint density at radius 2 is 2.12 bits per heavy atom. The van der Waals surface area contributed by atoms with Crippen molar-refractivity contribution in [3.05, 3.63) is 52.4 Å². The van der Waals surface area contributed by atoms with E-state index in [-0.39, 0.29) is 34.7 Å². The van der Waals surface area contributed by atoms with E-state index < -0.39 is 11.7 Å². The van der Waals surface area contributed by atoms with Crippen molar-refractivity contribution in [2.24, 2.45) is 5.92 Å². The first kappa shape index (κ1) is 19.0. The number of methoxy groups -OCH3 is 1. The van der Waals surface area contributed by atoms with Crippen LogP contribution in [0.1, 0.15) is 29.8 Å². The van der Waals surface area contributed by atoms with Crippen molar-refractivity contribution in [2.75, 3.05) is 13.7 Å². The maximum atomic E-state index is 13.7. The van der Waals surface area contributed by atoms with Crippen LogP contribution >= 0.6 is 11.6 Å². The number of aromatic nitrogens is 1. The van der Waals surface area contributed by atoms with Crippen LogP contribution in [-0.4, -0.2) is 24.6 Å². The molecule has 0 radical (unpaired) electrons. The predicted molar refractivity (Wildman–Crippen MR) is 93.7 cm³/mol. The first-order chi connectivity index (χ1) is 11.9. The molecule has 0 fully saturated rings. The number of rotatable bonds is 7. The third-order valence-electron chi connectivity index (χ3n) is 3.32. The lowest BCUT2D eigenvalue weighted by Gasteiger charge is -2.13. The highest BCUT2D eigenvalue weighted by molar-refractivity contribution is 6.34. The van der Waals surface area contributed by atoms with Crippen LogP contribution in [0, 0.1) is 11.7 Å². The summed E-state index contributed by atoms with van der Waals surface area (Å²) in [6, 6.07) is 6.00. The molecular weight excluding hydrogens is 347 g/mol. The fourth-order valence-electron chi connectivity index (χ4n) is 2.07. The van der Waals surface area contributed by atoms with Crippen molar-refractivity contribution in [1.29, 1.82) is 0 Å². The van der Waals surface area contributed by atoms with Crippen molar-refractivity contribution in [1.82, 2.24) is 10.3 Å². The number of ether oxygens (including phenoxy) is 2. The summed E-state index contributed by atoms with van der Waals surface area (Å²) in [6.07, 6.45) is 1.48. The third kappa shape index (κ3) is 5.06. The number of amides is 1. The van der Waals surface area contributed by atoms with Crippen LogP contribution in [-0.2, 0) is 6.54 Å². The predicted octanol–water partition coefficient (Wildman–Crippen LogP) is 3.85. The van der Waals surface area contributed by atoms with Gasteiger partial charge >= 0.3 is 0 Å². The van der Waals surface area contributed by atoms with Gasteiger partial charge < -0.3 is 14.8 Å². The normalized spacial score (nSPS) is 10.6.